The van der Waals surface area contributed by atoms with Crippen molar-refractivity contribution < 1.29 is 0 Å². The molecule has 0 radical (unpaired) electrons. The molecule has 0 heterocycles. The molecule has 1 nitrogen and oxygen atoms in total. The highest BCUT2D eigenvalue weighted by Crippen LogP contribution is 2.33. The summed E-state index contributed by atoms with van der Waals surface area (Å²) in [6.07, 6.45) is 2.06. The SMILES string of the molecule is Cc1ccc(N(c2ccccc2)c2ccccc2)cc1.c1ccc(Cc2ccccc2)cc1.c1ccc(Cc2ccccc2)cc1. The normalized spacial score (nSPS) is 10.0. The number of aryl methyl sites for hydroxylation is 1. The summed E-state index contributed by atoms with van der Waals surface area (Å²) in [5.74, 6) is 0. The number of rotatable bonds is 7. The van der Waals surface area contributed by atoms with Gasteiger partial charge in [0.25, 0.3) is 0 Å². The lowest BCUT2D eigenvalue weighted by Crippen LogP contribution is -2.09. The first-order valence-electron chi connectivity index (χ1n) is 15.9. The van der Waals surface area contributed by atoms with Crippen LogP contribution in [0.2, 0.25) is 0 Å². The van der Waals surface area contributed by atoms with Crippen LogP contribution in [0.3, 0.4) is 0 Å². The molecule has 226 valence electrons. The van der Waals surface area contributed by atoms with Crippen LogP contribution < -0.4 is 4.90 Å². The van der Waals surface area contributed by atoms with Crippen LogP contribution in [0.5, 0.6) is 0 Å². The van der Waals surface area contributed by atoms with Crippen molar-refractivity contribution in [3.8, 4) is 0 Å². The van der Waals surface area contributed by atoms with Crippen LogP contribution in [0, 0.1) is 6.92 Å². The molecule has 7 aromatic carbocycles. The molecule has 0 bridgehead atoms. The third-order valence-corrected chi connectivity index (χ3v) is 7.51. The van der Waals surface area contributed by atoms with E-state index in [-0.39, 0.29) is 0 Å². The lowest BCUT2D eigenvalue weighted by molar-refractivity contribution is 1.19. The van der Waals surface area contributed by atoms with E-state index in [2.05, 4.69) is 206 Å². The fraction of sp³-hybridized carbons (Fsp3) is 0.0667. The first-order valence-corrected chi connectivity index (χ1v) is 15.9. The fourth-order valence-electron chi connectivity index (χ4n) is 5.15. The first-order chi connectivity index (χ1) is 22.7. The lowest BCUT2D eigenvalue weighted by Gasteiger charge is -2.25. The minimum atomic E-state index is 1.03. The van der Waals surface area contributed by atoms with Gasteiger partial charge in [-0.15, -0.1) is 0 Å². The average Bonchev–Trinajstić information content (AvgIpc) is 3.13. The Hall–Kier alpha value is -5.66. The summed E-state index contributed by atoms with van der Waals surface area (Å²) in [4.78, 5) is 2.26. The Balaban J connectivity index is 0.000000141. The molecule has 1 heteroatoms. The second-order valence-corrected chi connectivity index (χ2v) is 11.1. The highest BCUT2D eigenvalue weighted by atomic mass is 15.1. The molecule has 0 aromatic heterocycles. The summed E-state index contributed by atoms with van der Waals surface area (Å²) in [7, 11) is 0. The summed E-state index contributed by atoms with van der Waals surface area (Å²) in [5, 5.41) is 0. The second-order valence-electron chi connectivity index (χ2n) is 11.1. The number of hydrogen-bond donors (Lipinski definition) is 0. The lowest BCUT2D eigenvalue weighted by atomic mass is 10.1. The molecule has 7 aromatic rings. The summed E-state index contributed by atoms with van der Waals surface area (Å²) >= 11 is 0. The zero-order chi connectivity index (χ0) is 31.7. The van der Waals surface area contributed by atoms with Gasteiger partial charge in [0.15, 0.2) is 0 Å². The minimum absolute atomic E-state index is 1.03. The Kier molecular flexibility index (Phi) is 12.1. The molecule has 0 amide bonds. The van der Waals surface area contributed by atoms with Crippen LogP contribution in [-0.4, -0.2) is 0 Å². The Bertz CT molecular complexity index is 1590. The van der Waals surface area contributed by atoms with E-state index >= 15 is 0 Å². The van der Waals surface area contributed by atoms with Crippen molar-refractivity contribution >= 4 is 17.1 Å². The maximum atomic E-state index is 2.26. The predicted molar refractivity (Wildman–Crippen MR) is 197 cm³/mol. The van der Waals surface area contributed by atoms with E-state index in [1.165, 1.54) is 44.9 Å². The van der Waals surface area contributed by atoms with Crippen molar-refractivity contribution in [2.24, 2.45) is 0 Å². The van der Waals surface area contributed by atoms with Crippen molar-refractivity contribution in [3.05, 3.63) is 234 Å². The van der Waals surface area contributed by atoms with Crippen LogP contribution in [0.4, 0.5) is 17.1 Å². The van der Waals surface area contributed by atoms with Gasteiger partial charge in [-0.3, -0.25) is 0 Å². The smallest absolute Gasteiger partial charge is 0.0461 e. The van der Waals surface area contributed by atoms with Gasteiger partial charge >= 0.3 is 0 Å². The van der Waals surface area contributed by atoms with Gasteiger partial charge < -0.3 is 4.90 Å². The van der Waals surface area contributed by atoms with E-state index in [1.807, 2.05) is 12.1 Å². The number of anilines is 3. The van der Waals surface area contributed by atoms with Gasteiger partial charge in [0.05, 0.1) is 0 Å². The number of para-hydroxylation sites is 2. The van der Waals surface area contributed by atoms with E-state index in [0.29, 0.717) is 0 Å². The Morgan fingerprint density at radius 1 is 0.283 bits per heavy atom. The molecule has 0 N–H and O–H groups in total. The Labute approximate surface area is 275 Å². The van der Waals surface area contributed by atoms with E-state index in [1.54, 1.807) is 0 Å². The molecule has 7 rings (SSSR count). The maximum Gasteiger partial charge on any atom is 0.0461 e. The highest BCUT2D eigenvalue weighted by Gasteiger charge is 2.10. The Morgan fingerprint density at radius 2 is 0.522 bits per heavy atom. The van der Waals surface area contributed by atoms with E-state index < -0.39 is 0 Å². The van der Waals surface area contributed by atoms with Crippen LogP contribution in [0.1, 0.15) is 27.8 Å². The molecule has 0 spiro atoms. The van der Waals surface area contributed by atoms with Gasteiger partial charge in [-0.05, 0) is 78.4 Å². The van der Waals surface area contributed by atoms with E-state index in [9.17, 15) is 0 Å². The topological polar surface area (TPSA) is 3.24 Å². The number of benzene rings is 7. The van der Waals surface area contributed by atoms with Crippen LogP contribution >= 0.6 is 0 Å². The molecule has 0 aliphatic rings. The molecule has 0 atom stereocenters. The van der Waals surface area contributed by atoms with Gasteiger partial charge in [-0.1, -0.05) is 175 Å². The molecule has 0 saturated carbocycles. The molecule has 0 aliphatic carbocycles. The van der Waals surface area contributed by atoms with Crippen molar-refractivity contribution in [1.82, 2.24) is 0 Å². The maximum absolute atomic E-state index is 2.26. The van der Waals surface area contributed by atoms with E-state index in [4.69, 9.17) is 0 Å². The fourth-order valence-corrected chi connectivity index (χ4v) is 5.15. The molecular weight excluding hydrogens is 555 g/mol. The minimum Gasteiger partial charge on any atom is -0.311 e. The average molecular weight is 596 g/mol. The van der Waals surface area contributed by atoms with Crippen molar-refractivity contribution in [3.63, 3.8) is 0 Å². The summed E-state index contributed by atoms with van der Waals surface area (Å²) in [6.45, 7) is 2.11. The summed E-state index contributed by atoms with van der Waals surface area (Å²) < 4.78 is 0. The van der Waals surface area contributed by atoms with Crippen molar-refractivity contribution in [2.75, 3.05) is 4.90 Å². The number of nitrogens with zero attached hydrogens (tertiary/aromatic N) is 1. The van der Waals surface area contributed by atoms with Crippen LogP contribution in [-0.2, 0) is 12.8 Å². The van der Waals surface area contributed by atoms with Crippen molar-refractivity contribution in [1.29, 1.82) is 0 Å². The second kappa shape index (κ2) is 17.6. The van der Waals surface area contributed by atoms with Crippen LogP contribution in [0.15, 0.2) is 206 Å². The first kappa shape index (κ1) is 31.8. The monoisotopic (exact) mass is 595 g/mol. The van der Waals surface area contributed by atoms with Gasteiger partial charge in [0.1, 0.15) is 0 Å². The van der Waals surface area contributed by atoms with Gasteiger partial charge in [0, 0.05) is 17.1 Å². The standard InChI is InChI=1S/C19H17N.2C13H12/c1-16-12-14-19(15-13-16)20(17-8-4-2-5-9-17)18-10-6-3-7-11-18;2*1-3-7-12(8-4-1)11-13-9-5-2-6-10-13/h2-15H,1H3;2*1-10H,11H2. The highest BCUT2D eigenvalue weighted by molar-refractivity contribution is 5.76. The zero-order valence-electron chi connectivity index (χ0n) is 26.5. The van der Waals surface area contributed by atoms with Crippen molar-refractivity contribution in [2.45, 2.75) is 19.8 Å². The third-order valence-electron chi connectivity index (χ3n) is 7.51. The summed E-state index contributed by atoms with van der Waals surface area (Å²) in [6, 6.07) is 71.6. The molecule has 0 saturated heterocycles. The molecule has 46 heavy (non-hydrogen) atoms. The van der Waals surface area contributed by atoms with Gasteiger partial charge in [-0.25, -0.2) is 0 Å². The molecule has 0 unspecified atom stereocenters. The molecule has 0 aliphatic heterocycles. The van der Waals surface area contributed by atoms with Crippen LogP contribution in [0.25, 0.3) is 0 Å². The van der Waals surface area contributed by atoms with E-state index in [0.717, 1.165) is 12.8 Å². The predicted octanol–water partition coefficient (Wildman–Crippen LogP) is 12.0. The quantitative estimate of drug-likeness (QED) is 0.177. The molecular formula is C45H41N. The summed E-state index contributed by atoms with van der Waals surface area (Å²) in [5.41, 5.74) is 10.3. The largest absolute Gasteiger partial charge is 0.311 e. The zero-order valence-corrected chi connectivity index (χ0v) is 26.5. The number of hydrogen-bond acceptors (Lipinski definition) is 1. The van der Waals surface area contributed by atoms with Gasteiger partial charge in [0.2, 0.25) is 0 Å². The Morgan fingerprint density at radius 3 is 0.804 bits per heavy atom. The molecule has 0 fully saturated rings. The van der Waals surface area contributed by atoms with Gasteiger partial charge in [-0.2, -0.15) is 0 Å². The third kappa shape index (κ3) is 10.2.